The molecule has 6 rings (SSSR count). The summed E-state index contributed by atoms with van der Waals surface area (Å²) >= 11 is 12.3. The molecule has 6 aromatic rings. The summed E-state index contributed by atoms with van der Waals surface area (Å²) in [4.78, 5) is 45.2. The predicted molar refractivity (Wildman–Crippen MR) is 157 cm³/mol. The Labute approximate surface area is 285 Å². The normalized spacial score (nSPS) is 10.4. The van der Waals surface area contributed by atoms with Gasteiger partial charge in [0.2, 0.25) is 0 Å². The van der Waals surface area contributed by atoms with Gasteiger partial charge in [0.25, 0.3) is 0 Å². The summed E-state index contributed by atoms with van der Waals surface area (Å²) in [5, 5.41) is 25.5. The van der Waals surface area contributed by atoms with Gasteiger partial charge in [-0.25, -0.2) is 29.5 Å². The fourth-order valence-corrected chi connectivity index (χ4v) is 4.83. The standard InChI is InChI=1S/C14H12ClN5O2.C13H10ClN5O2.Na.H2O/c1-22-14(21)8-3-2-4-10(15)9(8)5-20-7-19-12(16)11-13(20)18-6-17-11;14-9-3-1-2-7(13(20)21)8(9)4-19-6-18-11(15)10-12(19)17-5-16-10;;/h2-4,6-7,16H,5H2,1H3,(H,17,18);1-3,5-6,15H,4H2,(H,16,17)(H,20,21);;1H2/q;;+1;/p-1. The summed E-state index contributed by atoms with van der Waals surface area (Å²) < 4.78 is 8.16. The van der Waals surface area contributed by atoms with E-state index in [-0.39, 0.29) is 58.1 Å². The molecule has 2 aromatic carbocycles. The first kappa shape index (κ1) is 35.1. The number of benzene rings is 2. The van der Waals surface area contributed by atoms with Crippen molar-refractivity contribution in [2.24, 2.45) is 0 Å². The molecule has 4 aromatic heterocycles. The van der Waals surface area contributed by atoms with Crippen LogP contribution in [0.3, 0.4) is 0 Å². The van der Waals surface area contributed by atoms with Gasteiger partial charge in [0, 0.05) is 21.2 Å². The van der Waals surface area contributed by atoms with Gasteiger partial charge in [-0.1, -0.05) is 35.3 Å². The van der Waals surface area contributed by atoms with Crippen LogP contribution in [0, 0.1) is 10.8 Å². The van der Waals surface area contributed by atoms with E-state index < -0.39 is 11.9 Å². The molecule has 4 heterocycles. The summed E-state index contributed by atoms with van der Waals surface area (Å²) in [5.74, 6) is -1.50. The number of carboxylic acids is 1. The number of carbonyl (C=O) groups is 2. The second-order valence-electron chi connectivity index (χ2n) is 8.97. The predicted octanol–water partition coefficient (Wildman–Crippen LogP) is 0.193. The van der Waals surface area contributed by atoms with Gasteiger partial charge in [0.1, 0.15) is 11.0 Å². The molecule has 0 aliphatic carbocycles. The Hall–Kier alpha value is -4.38. The van der Waals surface area contributed by atoms with E-state index in [1.54, 1.807) is 39.5 Å². The molecule has 0 aliphatic heterocycles. The summed E-state index contributed by atoms with van der Waals surface area (Å²) in [6, 6.07) is 9.78. The number of hydrogen-bond acceptors (Lipinski definition) is 10. The van der Waals surface area contributed by atoms with Crippen molar-refractivity contribution >= 4 is 57.5 Å². The van der Waals surface area contributed by atoms with E-state index in [1.165, 1.54) is 38.5 Å². The summed E-state index contributed by atoms with van der Waals surface area (Å²) in [7, 11) is 1.32. The van der Waals surface area contributed by atoms with Gasteiger partial charge in [-0.2, -0.15) is 0 Å². The number of carbonyl (C=O) groups excluding carboxylic acids is 1. The maximum atomic E-state index is 11.9. The van der Waals surface area contributed by atoms with Crippen LogP contribution < -0.4 is 40.5 Å². The Morgan fingerprint density at radius 2 is 1.27 bits per heavy atom. The van der Waals surface area contributed by atoms with E-state index >= 15 is 0 Å². The SMILES string of the molecule is COC(=O)c1cccc(Cl)c1Cn1cnc(=N)c2[nH]cnc21.N=c1ncn(Cc2c(Cl)cccc2C(=O)O)c2nc[nH]c12.[Na+].[OH-]. The van der Waals surface area contributed by atoms with Crippen LogP contribution in [0.4, 0.5) is 0 Å². The van der Waals surface area contributed by atoms with E-state index in [0.29, 0.717) is 55.6 Å². The van der Waals surface area contributed by atoms with E-state index in [2.05, 4.69) is 29.9 Å². The number of H-pyrrole nitrogens is 2. The van der Waals surface area contributed by atoms with Gasteiger partial charge >= 0.3 is 41.5 Å². The Bertz CT molecular complexity index is 2130. The van der Waals surface area contributed by atoms with Crippen molar-refractivity contribution in [1.29, 1.82) is 10.8 Å². The number of fused-ring (bicyclic) bond motifs is 2. The van der Waals surface area contributed by atoms with Gasteiger partial charge in [0.15, 0.2) is 22.3 Å². The molecule has 0 unspecified atom stereocenters. The van der Waals surface area contributed by atoms with Crippen LogP contribution in [0.1, 0.15) is 31.8 Å². The van der Waals surface area contributed by atoms with Gasteiger partial charge in [-0.15, -0.1) is 0 Å². The molecule has 0 atom stereocenters. The van der Waals surface area contributed by atoms with Crippen LogP contribution in [-0.4, -0.2) is 68.7 Å². The number of methoxy groups -OCH3 is 1. The monoisotopic (exact) mass is 660 g/mol. The maximum absolute atomic E-state index is 11.9. The summed E-state index contributed by atoms with van der Waals surface area (Å²) in [6.45, 7) is 0.495. The number of imidazole rings is 2. The molecule has 0 saturated heterocycles. The average Bonchev–Trinajstić information content (AvgIpc) is 3.69. The van der Waals surface area contributed by atoms with Crippen molar-refractivity contribution in [2.45, 2.75) is 13.1 Å². The van der Waals surface area contributed by atoms with Crippen LogP contribution in [0.5, 0.6) is 0 Å². The van der Waals surface area contributed by atoms with E-state index in [0.717, 1.165) is 0 Å². The van der Waals surface area contributed by atoms with Crippen molar-refractivity contribution in [1.82, 2.24) is 39.0 Å². The van der Waals surface area contributed by atoms with Crippen molar-refractivity contribution in [3.05, 3.63) is 105 Å². The zero-order valence-electron chi connectivity index (χ0n) is 23.7. The summed E-state index contributed by atoms with van der Waals surface area (Å²) in [5.41, 5.74) is 3.89. The summed E-state index contributed by atoms with van der Waals surface area (Å²) in [6.07, 6.45) is 5.90. The van der Waals surface area contributed by atoms with E-state index in [4.69, 9.17) is 38.8 Å². The molecule has 226 valence electrons. The number of rotatable bonds is 6. The van der Waals surface area contributed by atoms with Crippen LogP contribution in [0.2, 0.25) is 10.0 Å². The van der Waals surface area contributed by atoms with Crippen LogP contribution in [0.15, 0.2) is 61.7 Å². The maximum Gasteiger partial charge on any atom is 1.00 e. The molecule has 0 bridgehead atoms. The molecule has 0 aliphatic rings. The number of halogens is 2. The molecule has 15 nitrogen and oxygen atoms in total. The number of carboxylic acid groups (broad SMARTS) is 1. The van der Waals surface area contributed by atoms with E-state index in [1.807, 2.05) is 0 Å². The number of nitrogens with one attached hydrogen (secondary N) is 4. The first-order valence-electron chi connectivity index (χ1n) is 12.4. The number of nitrogens with zero attached hydrogens (tertiary/aromatic N) is 6. The minimum absolute atomic E-state index is 0. The third-order valence-corrected chi connectivity index (χ3v) is 7.15. The molecule has 0 amide bonds. The Kier molecular flexibility index (Phi) is 11.8. The Balaban J connectivity index is 0.000000235. The number of ether oxygens (including phenoxy) is 1. The average molecular weight is 661 g/mol. The smallest absolute Gasteiger partial charge is 0.870 e. The molecule has 0 saturated carbocycles. The third-order valence-electron chi connectivity index (χ3n) is 6.44. The van der Waals surface area contributed by atoms with Crippen molar-refractivity contribution < 1.29 is 54.5 Å². The molecular formula is C27H23Cl2N10NaO5. The molecular weight excluding hydrogens is 638 g/mol. The van der Waals surface area contributed by atoms with Gasteiger partial charge in [-0.05, 0) is 24.3 Å². The van der Waals surface area contributed by atoms with Gasteiger partial charge < -0.3 is 34.4 Å². The molecule has 45 heavy (non-hydrogen) atoms. The fraction of sp³-hybridized carbons (Fsp3) is 0.111. The van der Waals surface area contributed by atoms with Gasteiger partial charge in [-0.3, -0.25) is 10.8 Å². The molecule has 0 spiro atoms. The molecule has 0 fully saturated rings. The van der Waals surface area contributed by atoms with Crippen molar-refractivity contribution in [3.8, 4) is 0 Å². The largest absolute Gasteiger partial charge is 1.00 e. The number of aromatic nitrogens is 8. The molecule has 0 radical (unpaired) electrons. The number of aromatic carboxylic acids is 1. The Morgan fingerprint density at radius 3 is 1.71 bits per heavy atom. The minimum Gasteiger partial charge on any atom is -0.870 e. The first-order chi connectivity index (χ1) is 20.7. The van der Waals surface area contributed by atoms with Gasteiger partial charge in [0.05, 0.1) is 56.6 Å². The van der Waals surface area contributed by atoms with Crippen LogP contribution in [0.25, 0.3) is 22.3 Å². The van der Waals surface area contributed by atoms with Crippen LogP contribution in [-0.2, 0) is 17.8 Å². The van der Waals surface area contributed by atoms with Crippen molar-refractivity contribution in [3.63, 3.8) is 0 Å². The number of aromatic amines is 2. The number of esters is 1. The second-order valence-corrected chi connectivity index (χ2v) is 9.79. The minimum atomic E-state index is -1.04. The third kappa shape index (κ3) is 7.30. The molecule has 6 N–H and O–H groups in total. The first-order valence-corrected chi connectivity index (χ1v) is 13.2. The fourth-order valence-electron chi connectivity index (χ4n) is 4.36. The molecule has 18 heteroatoms. The number of hydrogen-bond donors (Lipinski definition) is 5. The Morgan fingerprint density at radius 1 is 0.822 bits per heavy atom. The zero-order valence-corrected chi connectivity index (χ0v) is 27.3. The topological polar surface area (TPSA) is 234 Å². The van der Waals surface area contributed by atoms with Crippen molar-refractivity contribution in [2.75, 3.05) is 7.11 Å². The zero-order chi connectivity index (χ0) is 30.7. The second kappa shape index (κ2) is 15.1. The van der Waals surface area contributed by atoms with E-state index in [9.17, 15) is 14.7 Å². The van der Waals surface area contributed by atoms with Crippen LogP contribution >= 0.6 is 23.2 Å². The quantitative estimate of drug-likeness (QED) is 0.121.